The molecule has 0 aliphatic carbocycles. The number of amides is 1. The molecule has 0 saturated carbocycles. The van der Waals surface area contributed by atoms with E-state index < -0.39 is 0 Å². The molecule has 0 unspecified atom stereocenters. The van der Waals surface area contributed by atoms with E-state index in [1.807, 2.05) is 49.7 Å². The minimum atomic E-state index is -0.0643. The Balaban J connectivity index is 1.43. The molecule has 3 aromatic rings. The Labute approximate surface area is 184 Å². The predicted molar refractivity (Wildman–Crippen MR) is 120 cm³/mol. The number of nitrogens with zero attached hydrogens (tertiary/aromatic N) is 6. The highest BCUT2D eigenvalue weighted by atomic mass is 16.2. The molecule has 1 amide bonds. The van der Waals surface area contributed by atoms with Crippen LogP contribution in [-0.4, -0.2) is 61.0 Å². The van der Waals surface area contributed by atoms with Crippen molar-refractivity contribution in [2.45, 2.75) is 32.9 Å². The Morgan fingerprint density at radius 3 is 2.39 bits per heavy atom. The van der Waals surface area contributed by atoms with Crippen molar-refractivity contribution in [3.63, 3.8) is 0 Å². The van der Waals surface area contributed by atoms with Crippen LogP contribution in [0.2, 0.25) is 0 Å². The summed E-state index contributed by atoms with van der Waals surface area (Å²) < 4.78 is 4.19. The third-order valence-corrected chi connectivity index (χ3v) is 6.22. The normalized spacial score (nSPS) is 16.9. The van der Waals surface area contributed by atoms with Crippen LogP contribution >= 0.6 is 0 Å². The maximum absolute atomic E-state index is 13.1. The average molecular weight is 421 g/mol. The lowest BCUT2D eigenvalue weighted by Crippen LogP contribution is -2.51. The highest BCUT2D eigenvalue weighted by Gasteiger charge is 2.31. The smallest absolute Gasteiger partial charge is 0.227 e. The van der Waals surface area contributed by atoms with Gasteiger partial charge in [0.05, 0.1) is 12.0 Å². The number of carbonyl (C=O) groups is 1. The van der Waals surface area contributed by atoms with Crippen molar-refractivity contribution in [3.8, 4) is 0 Å². The quantitative estimate of drug-likeness (QED) is 0.590. The van der Waals surface area contributed by atoms with Crippen molar-refractivity contribution in [1.29, 1.82) is 0 Å². The molecule has 1 saturated heterocycles. The minimum Gasteiger partial charge on any atom is -0.340 e. The highest BCUT2D eigenvalue weighted by molar-refractivity contribution is 5.78. The van der Waals surface area contributed by atoms with Gasteiger partial charge in [-0.2, -0.15) is 0 Å². The minimum absolute atomic E-state index is 0.0643. The molecule has 31 heavy (non-hydrogen) atoms. The summed E-state index contributed by atoms with van der Waals surface area (Å²) in [5.74, 6) is 2.23. The lowest BCUT2D eigenvalue weighted by molar-refractivity contribution is -0.137. The maximum Gasteiger partial charge on any atom is 0.227 e. The molecule has 0 bridgehead atoms. The fourth-order valence-corrected chi connectivity index (χ4v) is 4.51. The third kappa shape index (κ3) is 4.56. The topological polar surface area (TPSA) is 59.2 Å². The second kappa shape index (κ2) is 9.47. The Morgan fingerprint density at radius 1 is 1.03 bits per heavy atom. The van der Waals surface area contributed by atoms with Crippen molar-refractivity contribution in [2.75, 3.05) is 26.2 Å². The van der Waals surface area contributed by atoms with Gasteiger partial charge < -0.3 is 14.0 Å². The Kier molecular flexibility index (Phi) is 6.51. The summed E-state index contributed by atoms with van der Waals surface area (Å²) in [7, 11) is 2.04. The molecule has 2 aromatic heterocycles. The van der Waals surface area contributed by atoms with Crippen LogP contribution in [0.3, 0.4) is 0 Å². The first-order valence-corrected chi connectivity index (χ1v) is 11.1. The summed E-state index contributed by atoms with van der Waals surface area (Å²) in [5.41, 5.74) is 1.23. The molecule has 1 aromatic carbocycles. The van der Waals surface area contributed by atoms with Crippen LogP contribution in [0.1, 0.15) is 37.1 Å². The van der Waals surface area contributed by atoms with E-state index in [9.17, 15) is 4.79 Å². The van der Waals surface area contributed by atoms with Gasteiger partial charge in [0.15, 0.2) is 0 Å². The van der Waals surface area contributed by atoms with Gasteiger partial charge in [-0.15, -0.1) is 0 Å². The SMILES string of the molecule is CCc1nccn1C[C@@H](C)C(=O)N1CCN([C@H](c2ccccc2)c2nccn2C)CC1. The lowest BCUT2D eigenvalue weighted by Gasteiger charge is -2.40. The van der Waals surface area contributed by atoms with E-state index in [2.05, 4.69) is 55.2 Å². The van der Waals surface area contributed by atoms with Gasteiger partial charge in [0, 0.05) is 71.0 Å². The molecule has 1 aliphatic heterocycles. The first-order chi connectivity index (χ1) is 15.1. The third-order valence-electron chi connectivity index (χ3n) is 6.22. The van der Waals surface area contributed by atoms with E-state index in [0.29, 0.717) is 6.54 Å². The van der Waals surface area contributed by atoms with E-state index in [-0.39, 0.29) is 17.9 Å². The number of aromatic nitrogens is 4. The number of carbonyl (C=O) groups excluding carboxylic acids is 1. The van der Waals surface area contributed by atoms with Gasteiger partial charge in [0.25, 0.3) is 0 Å². The predicted octanol–water partition coefficient (Wildman–Crippen LogP) is 2.75. The standard InChI is InChI=1S/C24H32N6O/c1-4-21-25-11-13-30(21)18-19(2)24(31)29-16-14-28(15-17-29)22(20-8-6-5-7-9-20)23-26-10-12-27(23)3/h5-13,19,22H,4,14-18H2,1-3H3/t19-,22-/m1/s1. The van der Waals surface area contributed by atoms with E-state index in [0.717, 1.165) is 44.2 Å². The van der Waals surface area contributed by atoms with Crippen molar-refractivity contribution < 1.29 is 4.79 Å². The zero-order valence-corrected chi connectivity index (χ0v) is 18.7. The fourth-order valence-electron chi connectivity index (χ4n) is 4.51. The molecule has 0 radical (unpaired) electrons. The second-order valence-electron chi connectivity index (χ2n) is 8.32. The van der Waals surface area contributed by atoms with E-state index in [4.69, 9.17) is 0 Å². The van der Waals surface area contributed by atoms with Crippen LogP contribution in [0.4, 0.5) is 0 Å². The summed E-state index contributed by atoms with van der Waals surface area (Å²) in [6.07, 6.45) is 8.51. The molecule has 1 aliphatic rings. The highest BCUT2D eigenvalue weighted by Crippen LogP contribution is 2.28. The molecule has 2 atom stereocenters. The largest absolute Gasteiger partial charge is 0.340 e. The van der Waals surface area contributed by atoms with Gasteiger partial charge in [-0.25, -0.2) is 9.97 Å². The average Bonchev–Trinajstić information content (AvgIpc) is 3.43. The molecular formula is C24H32N6O. The van der Waals surface area contributed by atoms with Crippen molar-refractivity contribution >= 4 is 5.91 Å². The molecule has 7 nitrogen and oxygen atoms in total. The zero-order chi connectivity index (χ0) is 21.8. The van der Waals surface area contributed by atoms with Crippen LogP contribution in [0.15, 0.2) is 55.1 Å². The van der Waals surface area contributed by atoms with E-state index >= 15 is 0 Å². The van der Waals surface area contributed by atoms with Gasteiger partial charge in [-0.3, -0.25) is 9.69 Å². The number of piperazine rings is 1. The fraction of sp³-hybridized carbons (Fsp3) is 0.458. The summed E-state index contributed by atoms with van der Waals surface area (Å²) in [5, 5.41) is 0. The number of hydrogen-bond acceptors (Lipinski definition) is 4. The first kappa shape index (κ1) is 21.3. The molecule has 4 rings (SSSR count). The van der Waals surface area contributed by atoms with Gasteiger partial charge >= 0.3 is 0 Å². The Morgan fingerprint density at radius 2 is 1.74 bits per heavy atom. The monoisotopic (exact) mass is 420 g/mol. The molecule has 1 fully saturated rings. The van der Waals surface area contributed by atoms with Gasteiger partial charge in [-0.05, 0) is 5.56 Å². The first-order valence-electron chi connectivity index (χ1n) is 11.1. The maximum atomic E-state index is 13.1. The van der Waals surface area contributed by atoms with Crippen molar-refractivity contribution in [1.82, 2.24) is 28.9 Å². The summed E-state index contributed by atoms with van der Waals surface area (Å²) >= 11 is 0. The van der Waals surface area contributed by atoms with Crippen molar-refractivity contribution in [2.24, 2.45) is 13.0 Å². The molecule has 3 heterocycles. The number of benzene rings is 1. The second-order valence-corrected chi connectivity index (χ2v) is 8.32. The van der Waals surface area contributed by atoms with Crippen molar-refractivity contribution in [3.05, 3.63) is 72.3 Å². The summed E-state index contributed by atoms with van der Waals surface area (Å²) in [4.78, 5) is 26.6. The van der Waals surface area contributed by atoms with Crippen LogP contribution in [0.25, 0.3) is 0 Å². The molecule has 7 heteroatoms. The molecule has 0 N–H and O–H groups in total. The van der Waals surface area contributed by atoms with Gasteiger partial charge in [-0.1, -0.05) is 44.2 Å². The lowest BCUT2D eigenvalue weighted by atomic mass is 10.0. The van der Waals surface area contributed by atoms with Crippen LogP contribution in [0, 0.1) is 5.92 Å². The van der Waals surface area contributed by atoms with E-state index in [1.54, 1.807) is 0 Å². The number of hydrogen-bond donors (Lipinski definition) is 0. The van der Waals surface area contributed by atoms with E-state index in [1.165, 1.54) is 5.56 Å². The number of rotatable bonds is 7. The van der Waals surface area contributed by atoms with Gasteiger partial charge in [0.2, 0.25) is 5.91 Å². The Hall–Kier alpha value is -2.93. The summed E-state index contributed by atoms with van der Waals surface area (Å²) in [6, 6.07) is 10.6. The molecule has 164 valence electrons. The molecule has 0 spiro atoms. The van der Waals surface area contributed by atoms with Gasteiger partial charge in [0.1, 0.15) is 11.6 Å². The van der Waals surface area contributed by atoms with Crippen LogP contribution in [0.5, 0.6) is 0 Å². The zero-order valence-electron chi connectivity index (χ0n) is 18.7. The number of aryl methyl sites for hydroxylation is 2. The van der Waals surface area contributed by atoms with Crippen LogP contribution < -0.4 is 0 Å². The Bertz CT molecular complexity index is 986. The summed E-state index contributed by atoms with van der Waals surface area (Å²) in [6.45, 7) is 7.93. The molecular weight excluding hydrogens is 388 g/mol. The van der Waals surface area contributed by atoms with Crippen LogP contribution in [-0.2, 0) is 24.8 Å². The number of imidazole rings is 2.